The van der Waals surface area contributed by atoms with Gasteiger partial charge in [-0.2, -0.15) is 5.10 Å². The lowest BCUT2D eigenvalue weighted by atomic mass is 10.2. The average Bonchev–Trinajstić information content (AvgIpc) is 3.07. The molecule has 0 aliphatic carbocycles. The quantitative estimate of drug-likeness (QED) is 0.385. The number of hydrazone groups is 1. The Kier molecular flexibility index (Phi) is 5.66. The fourth-order valence-electron chi connectivity index (χ4n) is 2.11. The molecule has 0 bridgehead atoms. The average molecular weight is 458 g/mol. The van der Waals surface area contributed by atoms with Crippen LogP contribution in [0.2, 0.25) is 0 Å². The highest BCUT2D eigenvalue weighted by molar-refractivity contribution is 9.10. The number of phenolic OH excluding ortho intramolecular Hbond substituents is 1. The molecule has 3 aromatic rings. The minimum Gasteiger partial charge on any atom is -0.506 e. The van der Waals surface area contributed by atoms with Crippen molar-refractivity contribution in [3.05, 3.63) is 57.9 Å². The number of rotatable bonds is 5. The molecule has 0 saturated heterocycles. The van der Waals surface area contributed by atoms with E-state index in [0.29, 0.717) is 5.13 Å². The maximum absolute atomic E-state index is 12.4. The minimum absolute atomic E-state index is 0.0379. The molecule has 0 unspecified atom stereocenters. The molecular weight excluding hydrogens is 447 g/mol. The fraction of sp³-hybridized carbons (Fsp3) is 0.0588. The minimum atomic E-state index is -4.84. The highest BCUT2D eigenvalue weighted by Crippen LogP contribution is 2.34. The number of alkyl halides is 3. The molecule has 0 fully saturated rings. The third kappa shape index (κ3) is 5.20. The molecule has 2 aromatic carbocycles. The van der Waals surface area contributed by atoms with Gasteiger partial charge in [0, 0.05) is 16.5 Å². The first-order valence-electron chi connectivity index (χ1n) is 7.40. The number of aromatic hydroxyl groups is 1. The topological polar surface area (TPSA) is 66.7 Å². The van der Waals surface area contributed by atoms with Crippen molar-refractivity contribution in [3.63, 3.8) is 0 Å². The van der Waals surface area contributed by atoms with Crippen LogP contribution in [0.15, 0.2) is 57.4 Å². The number of anilines is 1. The van der Waals surface area contributed by atoms with Gasteiger partial charge >= 0.3 is 6.36 Å². The lowest BCUT2D eigenvalue weighted by molar-refractivity contribution is -0.274. The van der Waals surface area contributed by atoms with Crippen LogP contribution in [-0.4, -0.2) is 22.7 Å². The summed E-state index contributed by atoms with van der Waals surface area (Å²) in [7, 11) is 0. The summed E-state index contributed by atoms with van der Waals surface area (Å²) in [5.74, 6) is -0.742. The molecule has 0 aliphatic rings. The first-order chi connectivity index (χ1) is 12.8. The predicted octanol–water partition coefficient (Wildman–Crippen LogP) is 5.62. The standard InChI is InChI=1S/C17H11BrF3N3O2S/c18-13-7-12(26-17(19,20)21)6-11(15(13)25)8-22-24-16-23-14(9-27-16)10-4-2-1-3-5-10/h1-9,25H,(H,23,24). The van der Waals surface area contributed by atoms with Crippen LogP contribution in [0.25, 0.3) is 11.3 Å². The normalized spacial score (nSPS) is 11.7. The van der Waals surface area contributed by atoms with Gasteiger partial charge in [-0.15, -0.1) is 24.5 Å². The molecule has 5 nitrogen and oxygen atoms in total. The summed E-state index contributed by atoms with van der Waals surface area (Å²) in [5, 5.41) is 16.2. The van der Waals surface area contributed by atoms with Gasteiger partial charge in [0.2, 0.25) is 5.13 Å². The molecule has 0 aliphatic heterocycles. The number of halogens is 4. The van der Waals surface area contributed by atoms with E-state index in [1.54, 1.807) is 0 Å². The summed E-state index contributed by atoms with van der Waals surface area (Å²) >= 11 is 4.30. The summed E-state index contributed by atoms with van der Waals surface area (Å²) in [6.07, 6.45) is -3.66. The van der Waals surface area contributed by atoms with E-state index in [0.717, 1.165) is 23.4 Å². The van der Waals surface area contributed by atoms with Crippen molar-refractivity contribution in [2.24, 2.45) is 5.10 Å². The van der Waals surface area contributed by atoms with E-state index in [4.69, 9.17) is 0 Å². The van der Waals surface area contributed by atoms with Gasteiger partial charge in [-0.05, 0) is 28.1 Å². The Bertz CT molecular complexity index is 962. The van der Waals surface area contributed by atoms with Crippen molar-refractivity contribution < 1.29 is 23.0 Å². The summed E-state index contributed by atoms with van der Waals surface area (Å²) in [6, 6.07) is 11.6. The smallest absolute Gasteiger partial charge is 0.506 e. The Morgan fingerprint density at radius 1 is 1.22 bits per heavy atom. The number of nitrogens with one attached hydrogen (secondary N) is 1. The summed E-state index contributed by atoms with van der Waals surface area (Å²) in [6.45, 7) is 0. The van der Waals surface area contributed by atoms with Gasteiger partial charge < -0.3 is 9.84 Å². The van der Waals surface area contributed by atoms with Crippen LogP contribution in [0, 0.1) is 0 Å². The van der Waals surface area contributed by atoms with Gasteiger partial charge in [0.15, 0.2) is 0 Å². The molecule has 2 N–H and O–H groups in total. The van der Waals surface area contributed by atoms with Gasteiger partial charge in [-0.1, -0.05) is 30.3 Å². The van der Waals surface area contributed by atoms with E-state index in [9.17, 15) is 18.3 Å². The van der Waals surface area contributed by atoms with E-state index < -0.39 is 12.1 Å². The second-order valence-corrected chi connectivity index (χ2v) is 6.88. The first kappa shape index (κ1) is 19.2. The van der Waals surface area contributed by atoms with Gasteiger partial charge in [0.25, 0.3) is 0 Å². The van der Waals surface area contributed by atoms with E-state index in [-0.39, 0.29) is 15.8 Å². The first-order valence-corrected chi connectivity index (χ1v) is 9.07. The third-order valence-electron chi connectivity index (χ3n) is 3.24. The molecule has 140 valence electrons. The summed E-state index contributed by atoms with van der Waals surface area (Å²) in [4.78, 5) is 4.37. The number of nitrogens with zero attached hydrogens (tertiary/aromatic N) is 2. The lowest BCUT2D eigenvalue weighted by Gasteiger charge is -2.11. The Morgan fingerprint density at radius 3 is 2.67 bits per heavy atom. The maximum Gasteiger partial charge on any atom is 0.573 e. The van der Waals surface area contributed by atoms with Crippen molar-refractivity contribution in [2.45, 2.75) is 6.36 Å². The Morgan fingerprint density at radius 2 is 1.96 bits per heavy atom. The Hall–Kier alpha value is -2.59. The molecule has 0 atom stereocenters. The summed E-state index contributed by atoms with van der Waals surface area (Å²) in [5.41, 5.74) is 4.44. The number of phenols is 1. The largest absolute Gasteiger partial charge is 0.573 e. The lowest BCUT2D eigenvalue weighted by Crippen LogP contribution is -2.17. The molecule has 0 spiro atoms. The van der Waals surface area contributed by atoms with Crippen LogP contribution in [-0.2, 0) is 0 Å². The van der Waals surface area contributed by atoms with E-state index in [1.165, 1.54) is 17.6 Å². The number of thiazole rings is 1. The van der Waals surface area contributed by atoms with Crippen LogP contribution in [0.1, 0.15) is 5.56 Å². The van der Waals surface area contributed by atoms with E-state index >= 15 is 0 Å². The highest BCUT2D eigenvalue weighted by atomic mass is 79.9. The van der Waals surface area contributed by atoms with Crippen LogP contribution in [0.5, 0.6) is 11.5 Å². The second-order valence-electron chi connectivity index (χ2n) is 5.16. The number of hydrogen-bond acceptors (Lipinski definition) is 6. The SMILES string of the molecule is Oc1c(Br)cc(OC(F)(F)F)cc1C=NNc1nc(-c2ccccc2)cs1. The highest BCUT2D eigenvalue weighted by Gasteiger charge is 2.31. The molecule has 0 saturated carbocycles. The maximum atomic E-state index is 12.4. The molecule has 0 radical (unpaired) electrons. The van der Waals surface area contributed by atoms with Crippen LogP contribution < -0.4 is 10.2 Å². The van der Waals surface area contributed by atoms with Crippen LogP contribution in [0.3, 0.4) is 0 Å². The fourth-order valence-corrected chi connectivity index (χ4v) is 3.23. The molecular formula is C17H11BrF3N3O2S. The number of benzene rings is 2. The molecule has 27 heavy (non-hydrogen) atoms. The van der Waals surface area contributed by atoms with Gasteiger partial charge in [0.05, 0.1) is 16.4 Å². The van der Waals surface area contributed by atoms with Crippen molar-refractivity contribution >= 4 is 38.6 Å². The van der Waals surface area contributed by atoms with E-state index in [1.807, 2.05) is 35.7 Å². The number of ether oxygens (including phenoxy) is 1. The van der Waals surface area contributed by atoms with Crippen molar-refractivity contribution in [3.8, 4) is 22.8 Å². The molecule has 1 heterocycles. The number of aromatic nitrogens is 1. The van der Waals surface area contributed by atoms with Gasteiger partial charge in [-0.25, -0.2) is 4.98 Å². The second kappa shape index (κ2) is 7.97. The Labute approximate surface area is 164 Å². The third-order valence-corrected chi connectivity index (χ3v) is 4.59. The molecule has 0 amide bonds. The zero-order valence-electron chi connectivity index (χ0n) is 13.4. The zero-order valence-corrected chi connectivity index (χ0v) is 15.8. The molecule has 3 rings (SSSR count). The molecule has 1 aromatic heterocycles. The number of hydrogen-bond donors (Lipinski definition) is 2. The summed E-state index contributed by atoms with van der Waals surface area (Å²) < 4.78 is 41.0. The van der Waals surface area contributed by atoms with Crippen LogP contribution >= 0.6 is 27.3 Å². The van der Waals surface area contributed by atoms with E-state index in [2.05, 4.69) is 36.2 Å². The van der Waals surface area contributed by atoms with Crippen molar-refractivity contribution in [1.29, 1.82) is 0 Å². The molecule has 10 heteroatoms. The predicted molar refractivity (Wildman–Crippen MR) is 101 cm³/mol. The van der Waals surface area contributed by atoms with Crippen molar-refractivity contribution in [1.82, 2.24) is 4.98 Å². The Balaban J connectivity index is 1.74. The van der Waals surface area contributed by atoms with Crippen LogP contribution in [0.4, 0.5) is 18.3 Å². The zero-order chi connectivity index (χ0) is 19.4. The van der Waals surface area contributed by atoms with Crippen molar-refractivity contribution in [2.75, 3.05) is 5.43 Å². The van der Waals surface area contributed by atoms with Gasteiger partial charge in [-0.3, -0.25) is 5.43 Å². The monoisotopic (exact) mass is 457 g/mol. The van der Waals surface area contributed by atoms with Gasteiger partial charge in [0.1, 0.15) is 11.5 Å².